The van der Waals surface area contributed by atoms with E-state index in [-0.39, 0.29) is 44.5 Å². The number of benzene rings is 1. The van der Waals surface area contributed by atoms with E-state index >= 15 is 0 Å². The van der Waals surface area contributed by atoms with Gasteiger partial charge in [0.15, 0.2) is 16.7 Å². The summed E-state index contributed by atoms with van der Waals surface area (Å²) in [5, 5.41) is 15.5. The van der Waals surface area contributed by atoms with Gasteiger partial charge in [-0.1, -0.05) is 12.1 Å². The van der Waals surface area contributed by atoms with Gasteiger partial charge in [0, 0.05) is 23.7 Å². The van der Waals surface area contributed by atoms with Crippen molar-refractivity contribution in [1.29, 1.82) is 0 Å². The van der Waals surface area contributed by atoms with Crippen LogP contribution in [0.1, 0.15) is 36.9 Å². The molecule has 188 valence electrons. The van der Waals surface area contributed by atoms with Gasteiger partial charge in [0.05, 0.1) is 17.1 Å². The number of carboxylic acids is 1. The van der Waals surface area contributed by atoms with Crippen molar-refractivity contribution < 1.29 is 32.2 Å². The molecule has 2 heterocycles. The van der Waals surface area contributed by atoms with E-state index in [0.29, 0.717) is 22.7 Å². The number of halogens is 5. The Hall–Kier alpha value is -2.92. The van der Waals surface area contributed by atoms with Crippen LogP contribution >= 0.6 is 23.7 Å². The molecule has 35 heavy (non-hydrogen) atoms. The number of anilines is 2. The number of nitrogens with one attached hydrogen (secondary N) is 1. The molecule has 3 aromatic rings. The molecule has 6 nitrogen and oxygen atoms in total. The maximum atomic E-state index is 14.3. The quantitative estimate of drug-likeness (QED) is 0.339. The molecule has 12 heteroatoms. The fraction of sp³-hybridized carbons (Fsp3) is 0.348. The third kappa shape index (κ3) is 6.21. The minimum atomic E-state index is -4.83. The number of aromatic nitrogens is 2. The predicted molar refractivity (Wildman–Crippen MR) is 125 cm³/mol. The summed E-state index contributed by atoms with van der Waals surface area (Å²) < 4.78 is 58.7. The highest BCUT2D eigenvalue weighted by Crippen LogP contribution is 2.42. The molecular formula is C23H22ClF4N3O3S. The zero-order chi connectivity index (χ0) is 24.3. The van der Waals surface area contributed by atoms with Crippen molar-refractivity contribution in [3.63, 3.8) is 0 Å². The van der Waals surface area contributed by atoms with Gasteiger partial charge in [0.25, 0.3) is 0 Å². The van der Waals surface area contributed by atoms with Crippen molar-refractivity contribution in [1.82, 2.24) is 9.97 Å². The van der Waals surface area contributed by atoms with Crippen LogP contribution in [0.25, 0.3) is 0 Å². The number of carboxylic acid groups (broad SMARTS) is 1. The lowest BCUT2D eigenvalue weighted by atomic mass is 9.70. The Morgan fingerprint density at radius 1 is 1.20 bits per heavy atom. The largest absolute Gasteiger partial charge is 0.487 e. The second-order valence-corrected chi connectivity index (χ2v) is 9.07. The fourth-order valence-electron chi connectivity index (χ4n) is 4.12. The molecule has 4 rings (SSSR count). The average Bonchev–Trinajstić information content (AvgIpc) is 3.29. The Morgan fingerprint density at radius 3 is 2.54 bits per heavy atom. The number of rotatable bonds is 7. The summed E-state index contributed by atoms with van der Waals surface area (Å²) in [7, 11) is 0. The number of nitrogens with zero attached hydrogens (tertiary/aromatic N) is 2. The van der Waals surface area contributed by atoms with Crippen LogP contribution in [0.5, 0.6) is 5.75 Å². The normalized spacial score (nSPS) is 20.1. The fourth-order valence-corrected chi connectivity index (χ4v) is 4.65. The van der Waals surface area contributed by atoms with Gasteiger partial charge in [-0.2, -0.15) is 13.2 Å². The minimum absolute atomic E-state index is 0. The number of aliphatic carboxylic acids is 1. The molecule has 0 amide bonds. The molecule has 1 saturated carbocycles. The number of alkyl halides is 3. The van der Waals surface area contributed by atoms with Crippen LogP contribution in [0.15, 0.2) is 48.0 Å². The van der Waals surface area contributed by atoms with E-state index in [4.69, 9.17) is 4.74 Å². The highest BCUT2D eigenvalue weighted by Gasteiger charge is 2.43. The molecule has 1 aromatic carbocycles. The first-order chi connectivity index (χ1) is 16.2. The number of ether oxygens (including phenoxy) is 1. The summed E-state index contributed by atoms with van der Waals surface area (Å²) in [6, 6.07) is 8.17. The Kier molecular flexibility index (Phi) is 8.22. The molecular weight excluding hydrogens is 510 g/mol. The Balaban J connectivity index is 0.00000342. The van der Waals surface area contributed by atoms with Crippen LogP contribution in [0.4, 0.5) is 28.5 Å². The summed E-state index contributed by atoms with van der Waals surface area (Å²) in [6.45, 7) is 0. The first-order valence-electron chi connectivity index (χ1n) is 10.5. The molecule has 0 aliphatic heterocycles. The Bertz CT molecular complexity index is 1150. The van der Waals surface area contributed by atoms with Crippen LogP contribution in [0, 0.1) is 11.2 Å². The van der Waals surface area contributed by atoms with Crippen molar-refractivity contribution in [2.24, 2.45) is 5.41 Å². The van der Waals surface area contributed by atoms with Crippen molar-refractivity contribution in [3.8, 4) is 5.75 Å². The molecule has 0 spiro atoms. The number of thiazole rings is 1. The topological polar surface area (TPSA) is 84.3 Å². The second kappa shape index (κ2) is 10.8. The number of hydrogen-bond acceptors (Lipinski definition) is 6. The number of pyridine rings is 1. The monoisotopic (exact) mass is 531 g/mol. The summed E-state index contributed by atoms with van der Waals surface area (Å²) in [4.78, 5) is 20.9. The molecule has 1 fully saturated rings. The molecule has 0 radical (unpaired) electrons. The van der Waals surface area contributed by atoms with E-state index in [1.54, 1.807) is 24.4 Å². The molecule has 0 saturated heterocycles. The molecule has 0 unspecified atom stereocenters. The molecule has 1 aliphatic carbocycles. The minimum Gasteiger partial charge on any atom is -0.487 e. The van der Waals surface area contributed by atoms with Crippen molar-refractivity contribution in [2.75, 3.05) is 5.32 Å². The van der Waals surface area contributed by atoms with E-state index in [1.807, 2.05) is 5.38 Å². The third-order valence-corrected chi connectivity index (χ3v) is 6.59. The van der Waals surface area contributed by atoms with Crippen molar-refractivity contribution >= 4 is 40.7 Å². The van der Waals surface area contributed by atoms with Gasteiger partial charge in [0.2, 0.25) is 0 Å². The van der Waals surface area contributed by atoms with Crippen LogP contribution in [-0.4, -0.2) is 27.1 Å². The molecule has 0 bridgehead atoms. The molecule has 2 aromatic heterocycles. The average molecular weight is 532 g/mol. The first kappa shape index (κ1) is 26.7. The Morgan fingerprint density at radius 2 is 1.91 bits per heavy atom. The van der Waals surface area contributed by atoms with E-state index in [0.717, 1.165) is 12.1 Å². The third-order valence-electron chi connectivity index (χ3n) is 5.90. The highest BCUT2D eigenvalue weighted by atomic mass is 35.5. The lowest BCUT2D eigenvalue weighted by molar-refractivity contribution is -0.152. The van der Waals surface area contributed by atoms with Gasteiger partial charge in [-0.05, 0) is 49.9 Å². The molecule has 2 N–H and O–H groups in total. The number of hydrogen-bond donors (Lipinski definition) is 2. The zero-order valence-corrected chi connectivity index (χ0v) is 19.9. The molecule has 1 aliphatic rings. The predicted octanol–water partition coefficient (Wildman–Crippen LogP) is 6.50. The lowest BCUT2D eigenvalue weighted by Crippen LogP contribution is -2.40. The van der Waals surface area contributed by atoms with Gasteiger partial charge in [-0.15, -0.1) is 23.7 Å². The maximum Gasteiger partial charge on any atom is 0.419 e. The van der Waals surface area contributed by atoms with Gasteiger partial charge in [0.1, 0.15) is 5.82 Å². The first-order valence-corrected chi connectivity index (χ1v) is 11.4. The maximum absolute atomic E-state index is 14.3. The van der Waals surface area contributed by atoms with Gasteiger partial charge >= 0.3 is 12.1 Å². The van der Waals surface area contributed by atoms with Crippen LogP contribution in [0.3, 0.4) is 0 Å². The summed E-state index contributed by atoms with van der Waals surface area (Å²) >= 11 is 1.41. The van der Waals surface area contributed by atoms with E-state index in [2.05, 4.69) is 15.3 Å². The van der Waals surface area contributed by atoms with Gasteiger partial charge in [-0.25, -0.2) is 14.4 Å². The van der Waals surface area contributed by atoms with Gasteiger partial charge < -0.3 is 15.2 Å². The van der Waals surface area contributed by atoms with Crippen LogP contribution in [-0.2, 0) is 17.4 Å². The zero-order valence-electron chi connectivity index (χ0n) is 18.2. The second-order valence-electron chi connectivity index (χ2n) is 8.17. The molecule has 0 atom stereocenters. The highest BCUT2D eigenvalue weighted by molar-refractivity contribution is 7.13. The van der Waals surface area contributed by atoms with E-state index in [1.165, 1.54) is 11.3 Å². The lowest BCUT2D eigenvalue weighted by Gasteiger charge is -2.36. The summed E-state index contributed by atoms with van der Waals surface area (Å²) in [5.74, 6) is -2.37. The van der Waals surface area contributed by atoms with Crippen molar-refractivity contribution in [2.45, 2.75) is 44.4 Å². The van der Waals surface area contributed by atoms with Gasteiger partial charge in [-0.3, -0.25) is 4.79 Å². The van der Waals surface area contributed by atoms with Crippen LogP contribution < -0.4 is 10.1 Å². The SMILES string of the molecule is Cl.O=C(O)C1(Cc2cccc(Nc3nccs3)n2)CCC(Oc2cccc(C(F)(F)F)c2F)CC1. The number of carbonyl (C=O) groups is 1. The smallest absolute Gasteiger partial charge is 0.419 e. The van der Waals surface area contributed by atoms with Crippen LogP contribution in [0.2, 0.25) is 0 Å². The Labute approximate surface area is 208 Å². The standard InChI is InChI=1S/C23H21F4N3O3S.ClH/c24-19-16(23(25,26)27)4-2-5-17(19)33-15-7-9-22(10-8-15,20(31)32)13-14-3-1-6-18(29-14)30-21-28-11-12-34-21;/h1-6,11-12,15H,7-10,13H2,(H,31,32)(H,28,29,30);1H. The van der Waals surface area contributed by atoms with E-state index in [9.17, 15) is 27.5 Å². The van der Waals surface area contributed by atoms with Crippen molar-refractivity contribution in [3.05, 3.63) is 65.0 Å². The summed E-state index contributed by atoms with van der Waals surface area (Å²) in [6.07, 6.45) is -2.61. The summed E-state index contributed by atoms with van der Waals surface area (Å²) in [5.41, 5.74) is -1.90. The van der Waals surface area contributed by atoms with E-state index < -0.39 is 40.8 Å².